The van der Waals surface area contributed by atoms with E-state index in [0.29, 0.717) is 5.41 Å². The highest BCUT2D eigenvalue weighted by Gasteiger charge is 2.52. The summed E-state index contributed by atoms with van der Waals surface area (Å²) in [5.41, 5.74) is 3.33. The zero-order valence-corrected chi connectivity index (χ0v) is 19.2. The number of hydrogen-bond acceptors (Lipinski definition) is 6. The molecule has 166 valence electrons. The smallest absolute Gasteiger partial charge is 0.348 e. The zero-order chi connectivity index (χ0) is 22.1. The highest BCUT2D eigenvalue weighted by atomic mass is 32.1. The first-order valence-electron chi connectivity index (χ1n) is 11.5. The minimum absolute atomic E-state index is 0.0876. The summed E-state index contributed by atoms with van der Waals surface area (Å²) < 4.78 is 10.3. The lowest BCUT2D eigenvalue weighted by Crippen LogP contribution is -2.48. The fraction of sp³-hybridized carbons (Fsp3) is 0.500. The predicted octanol–water partition coefficient (Wildman–Crippen LogP) is 5.50. The van der Waals surface area contributed by atoms with Crippen molar-refractivity contribution in [3.8, 4) is 10.6 Å². The Kier molecular flexibility index (Phi) is 4.42. The third kappa shape index (κ3) is 3.40. The minimum Gasteiger partial charge on any atom is -0.419 e. The van der Waals surface area contributed by atoms with Gasteiger partial charge in [-0.05, 0) is 67.9 Å². The molecule has 32 heavy (non-hydrogen) atoms. The second-order valence-electron chi connectivity index (χ2n) is 10.6. The normalized spacial score (nSPS) is 32.6. The molecule has 1 aromatic carbocycles. The molecule has 1 aliphatic heterocycles. The number of benzene rings is 1. The maximum atomic E-state index is 12.2. The summed E-state index contributed by atoms with van der Waals surface area (Å²) in [7, 11) is 0. The summed E-state index contributed by atoms with van der Waals surface area (Å²) in [5, 5.41) is 3.32. The first-order valence-corrected chi connectivity index (χ1v) is 12.4. The first kappa shape index (κ1) is 20.2. The van der Waals surface area contributed by atoms with Gasteiger partial charge in [-0.3, -0.25) is 0 Å². The van der Waals surface area contributed by atoms with E-state index in [2.05, 4.69) is 5.38 Å². The third-order valence-electron chi connectivity index (χ3n) is 7.67. The molecule has 1 saturated heterocycles. The third-order valence-corrected chi connectivity index (χ3v) is 8.56. The van der Waals surface area contributed by atoms with Crippen LogP contribution in [0.15, 0.2) is 35.2 Å². The quantitative estimate of drug-likeness (QED) is 0.352. The first-order chi connectivity index (χ1) is 15.3. The van der Waals surface area contributed by atoms with Gasteiger partial charge in [0.05, 0.1) is 5.69 Å². The molecule has 2 heterocycles. The van der Waals surface area contributed by atoms with Gasteiger partial charge in [-0.1, -0.05) is 24.3 Å². The Morgan fingerprint density at radius 1 is 0.938 bits per heavy atom. The molecular weight excluding hydrogens is 422 g/mol. The van der Waals surface area contributed by atoms with Crippen LogP contribution in [0, 0.1) is 17.8 Å². The second kappa shape index (κ2) is 7.01. The van der Waals surface area contributed by atoms with Gasteiger partial charge in [0.2, 0.25) is 0 Å². The van der Waals surface area contributed by atoms with Crippen LogP contribution in [0.25, 0.3) is 16.6 Å². The monoisotopic (exact) mass is 449 g/mol. The number of carbonyl (C=O) groups is 2. The highest BCUT2D eigenvalue weighted by molar-refractivity contribution is 7.13. The summed E-state index contributed by atoms with van der Waals surface area (Å²) in [5.74, 6) is 0.174. The van der Waals surface area contributed by atoms with E-state index in [-0.39, 0.29) is 5.57 Å². The van der Waals surface area contributed by atoms with Crippen molar-refractivity contribution in [3.05, 3.63) is 46.5 Å². The topological polar surface area (TPSA) is 65.5 Å². The Hall–Kier alpha value is -2.47. The van der Waals surface area contributed by atoms with Gasteiger partial charge in [0, 0.05) is 30.2 Å². The molecular formula is C26H27NO4S. The van der Waals surface area contributed by atoms with Gasteiger partial charge in [0.1, 0.15) is 10.6 Å². The molecule has 4 aliphatic carbocycles. The number of esters is 2. The van der Waals surface area contributed by atoms with Gasteiger partial charge in [-0.2, -0.15) is 0 Å². The summed E-state index contributed by atoms with van der Waals surface area (Å²) in [6, 6.07) is 7.79. The van der Waals surface area contributed by atoms with Crippen LogP contribution in [0.1, 0.15) is 63.6 Å². The van der Waals surface area contributed by atoms with E-state index in [1.165, 1.54) is 50.3 Å². The molecule has 6 heteroatoms. The molecule has 1 aromatic heterocycles. The van der Waals surface area contributed by atoms with Gasteiger partial charge in [0.15, 0.2) is 0 Å². The summed E-state index contributed by atoms with van der Waals surface area (Å²) in [6.45, 7) is 3.08. The minimum atomic E-state index is -1.23. The van der Waals surface area contributed by atoms with Crippen molar-refractivity contribution >= 4 is 29.4 Å². The van der Waals surface area contributed by atoms with Crippen LogP contribution >= 0.6 is 11.3 Å². The van der Waals surface area contributed by atoms with E-state index in [4.69, 9.17) is 14.5 Å². The molecule has 0 radical (unpaired) electrons. The predicted molar refractivity (Wildman–Crippen MR) is 122 cm³/mol. The molecule has 0 spiro atoms. The van der Waals surface area contributed by atoms with Crippen molar-refractivity contribution in [3.63, 3.8) is 0 Å². The van der Waals surface area contributed by atoms with Crippen LogP contribution in [0.3, 0.4) is 0 Å². The second-order valence-corrected chi connectivity index (χ2v) is 11.5. The van der Waals surface area contributed by atoms with Crippen molar-refractivity contribution in [2.24, 2.45) is 17.8 Å². The molecule has 2 aromatic rings. The largest absolute Gasteiger partial charge is 0.419 e. The molecule has 4 bridgehead atoms. The Morgan fingerprint density at radius 3 is 2.06 bits per heavy atom. The van der Waals surface area contributed by atoms with E-state index in [1.807, 2.05) is 24.3 Å². The number of nitrogens with zero attached hydrogens (tertiary/aromatic N) is 1. The average molecular weight is 450 g/mol. The highest BCUT2D eigenvalue weighted by Crippen LogP contribution is 2.60. The van der Waals surface area contributed by atoms with Gasteiger partial charge >= 0.3 is 11.9 Å². The van der Waals surface area contributed by atoms with Gasteiger partial charge in [-0.25, -0.2) is 14.6 Å². The summed E-state index contributed by atoms with van der Waals surface area (Å²) in [4.78, 5) is 29.5. The van der Waals surface area contributed by atoms with Crippen LogP contribution < -0.4 is 0 Å². The standard InChI is InChI=1S/C26H27NO4S/c1-25(2)30-23(28)20(24(29)31-25)10-15-3-5-19(6-4-15)22-27-21(14-32-22)26-11-16-7-17(12-26)9-18(8-16)13-26/h3-6,10,14,16-18H,7-9,11-13H2,1-2H3. The number of carbonyl (C=O) groups excluding carboxylic acids is 2. The van der Waals surface area contributed by atoms with Crippen LogP contribution in [0.4, 0.5) is 0 Å². The molecule has 5 aliphatic rings. The van der Waals surface area contributed by atoms with Crippen molar-refractivity contribution < 1.29 is 19.1 Å². The van der Waals surface area contributed by atoms with Crippen LogP contribution in [0.2, 0.25) is 0 Å². The van der Waals surface area contributed by atoms with Crippen molar-refractivity contribution in [2.75, 3.05) is 0 Å². The maximum absolute atomic E-state index is 12.2. The van der Waals surface area contributed by atoms with Gasteiger partial charge < -0.3 is 9.47 Å². The maximum Gasteiger partial charge on any atom is 0.348 e. The SMILES string of the molecule is CC1(C)OC(=O)C(=Cc2ccc(-c3nc(C45CC6CC(CC(C6)C4)C5)cs3)cc2)C(=O)O1. The van der Waals surface area contributed by atoms with Crippen molar-refractivity contribution in [1.29, 1.82) is 0 Å². The number of cyclic esters (lactones) is 2. The lowest BCUT2D eigenvalue weighted by molar-refractivity contribution is -0.222. The van der Waals surface area contributed by atoms with E-state index in [0.717, 1.165) is 33.9 Å². The molecule has 5 nitrogen and oxygen atoms in total. The van der Waals surface area contributed by atoms with Crippen molar-refractivity contribution in [1.82, 2.24) is 4.98 Å². The molecule has 0 atom stereocenters. The Morgan fingerprint density at radius 2 is 1.50 bits per heavy atom. The van der Waals surface area contributed by atoms with Crippen LogP contribution in [-0.4, -0.2) is 22.7 Å². The summed E-state index contributed by atoms with van der Waals surface area (Å²) >= 11 is 1.72. The molecule has 0 amide bonds. The fourth-order valence-electron chi connectivity index (χ4n) is 6.74. The number of rotatable bonds is 3. The van der Waals surface area contributed by atoms with Crippen LogP contribution in [-0.2, 0) is 24.5 Å². The zero-order valence-electron chi connectivity index (χ0n) is 18.4. The molecule has 7 rings (SSSR count). The fourth-order valence-corrected chi connectivity index (χ4v) is 7.69. The Balaban J connectivity index is 1.23. The average Bonchev–Trinajstić information content (AvgIpc) is 3.21. The lowest BCUT2D eigenvalue weighted by atomic mass is 9.49. The number of ether oxygens (including phenoxy) is 2. The molecule has 0 unspecified atom stereocenters. The number of hydrogen-bond donors (Lipinski definition) is 0. The van der Waals surface area contributed by atoms with Crippen molar-refractivity contribution in [2.45, 2.75) is 63.6 Å². The van der Waals surface area contributed by atoms with E-state index in [9.17, 15) is 9.59 Å². The van der Waals surface area contributed by atoms with E-state index in [1.54, 1.807) is 25.2 Å². The molecule has 0 N–H and O–H groups in total. The van der Waals surface area contributed by atoms with Crippen LogP contribution in [0.5, 0.6) is 0 Å². The number of aromatic nitrogens is 1. The van der Waals surface area contributed by atoms with E-state index < -0.39 is 17.7 Å². The summed E-state index contributed by atoms with van der Waals surface area (Å²) in [6.07, 6.45) is 9.78. The van der Waals surface area contributed by atoms with Gasteiger partial charge in [-0.15, -0.1) is 11.3 Å². The number of thiazole rings is 1. The molecule has 4 saturated carbocycles. The Labute approximate surface area is 191 Å². The van der Waals surface area contributed by atoms with Gasteiger partial charge in [0.25, 0.3) is 5.79 Å². The van der Waals surface area contributed by atoms with E-state index >= 15 is 0 Å². The Bertz CT molecular complexity index is 1070. The lowest BCUT2D eigenvalue weighted by Gasteiger charge is -2.56. The molecule has 5 fully saturated rings.